The molecule has 1 atom stereocenters. The van der Waals surface area contributed by atoms with Gasteiger partial charge in [0.15, 0.2) is 0 Å². The van der Waals surface area contributed by atoms with Gasteiger partial charge in [0.05, 0.1) is 12.5 Å². The average Bonchev–Trinajstić information content (AvgIpc) is 3.01. The van der Waals surface area contributed by atoms with E-state index in [1.807, 2.05) is 12.5 Å². The Hall–Kier alpha value is -0.760. The van der Waals surface area contributed by atoms with E-state index in [0.29, 0.717) is 0 Å². The Kier molecular flexibility index (Phi) is 2.32. The van der Waals surface area contributed by atoms with Gasteiger partial charge in [-0.2, -0.15) is 0 Å². The molecule has 0 amide bonds. The van der Waals surface area contributed by atoms with Gasteiger partial charge in [0, 0.05) is 11.1 Å². The molecule has 1 saturated heterocycles. The summed E-state index contributed by atoms with van der Waals surface area (Å²) in [4.78, 5) is 0. The molecule has 15 heavy (non-hydrogen) atoms. The molecule has 0 aromatic carbocycles. The van der Waals surface area contributed by atoms with Crippen molar-refractivity contribution in [3.8, 4) is 0 Å². The van der Waals surface area contributed by atoms with Crippen molar-refractivity contribution >= 4 is 0 Å². The van der Waals surface area contributed by atoms with Crippen molar-refractivity contribution in [3.63, 3.8) is 0 Å². The van der Waals surface area contributed by atoms with Gasteiger partial charge in [0.2, 0.25) is 0 Å². The van der Waals surface area contributed by atoms with Gasteiger partial charge in [-0.15, -0.1) is 0 Å². The van der Waals surface area contributed by atoms with E-state index in [1.165, 1.54) is 50.6 Å². The fourth-order valence-corrected chi connectivity index (χ4v) is 3.03. The highest BCUT2D eigenvalue weighted by Crippen LogP contribution is 2.49. The lowest BCUT2D eigenvalue weighted by atomic mass is 9.82. The monoisotopic (exact) mass is 205 g/mol. The minimum atomic E-state index is 0.253. The van der Waals surface area contributed by atoms with Crippen molar-refractivity contribution < 1.29 is 4.42 Å². The van der Waals surface area contributed by atoms with Crippen molar-refractivity contribution in [2.75, 3.05) is 6.54 Å². The van der Waals surface area contributed by atoms with Gasteiger partial charge in [0.1, 0.15) is 0 Å². The molecule has 3 rings (SSSR count). The van der Waals surface area contributed by atoms with Crippen LogP contribution < -0.4 is 5.32 Å². The van der Waals surface area contributed by atoms with Crippen LogP contribution in [0.2, 0.25) is 0 Å². The van der Waals surface area contributed by atoms with Crippen LogP contribution in [0, 0.1) is 5.92 Å². The molecule has 0 spiro atoms. The maximum atomic E-state index is 5.27. The number of nitrogens with one attached hydrogen (secondary N) is 1. The van der Waals surface area contributed by atoms with Crippen LogP contribution in [0.3, 0.4) is 0 Å². The zero-order chi connectivity index (χ0) is 10.1. The van der Waals surface area contributed by atoms with Crippen LogP contribution in [0.5, 0.6) is 0 Å². The van der Waals surface area contributed by atoms with E-state index >= 15 is 0 Å². The van der Waals surface area contributed by atoms with Gasteiger partial charge in [-0.25, -0.2) is 0 Å². The molecule has 0 bridgehead atoms. The van der Waals surface area contributed by atoms with E-state index < -0.39 is 0 Å². The lowest BCUT2D eigenvalue weighted by molar-refractivity contribution is 0.277. The van der Waals surface area contributed by atoms with Crippen molar-refractivity contribution in [2.24, 2.45) is 5.92 Å². The molecule has 1 aliphatic carbocycles. The van der Waals surface area contributed by atoms with E-state index in [-0.39, 0.29) is 5.54 Å². The van der Waals surface area contributed by atoms with E-state index in [1.54, 1.807) is 0 Å². The van der Waals surface area contributed by atoms with Crippen molar-refractivity contribution in [2.45, 2.75) is 44.1 Å². The second-order valence-corrected chi connectivity index (χ2v) is 5.00. The van der Waals surface area contributed by atoms with Gasteiger partial charge >= 0.3 is 0 Å². The quantitative estimate of drug-likeness (QED) is 0.802. The lowest BCUT2D eigenvalue weighted by Crippen LogP contribution is -2.43. The molecule has 1 unspecified atom stereocenters. The smallest absolute Gasteiger partial charge is 0.0953 e. The van der Waals surface area contributed by atoms with Crippen LogP contribution in [-0.2, 0) is 5.54 Å². The standard InChI is InChI=1S/C13H19NO/c1-2-7-13(11-4-5-11,14-8-3-1)12-6-9-15-10-12/h6,9-11,14H,1-5,7-8H2. The maximum absolute atomic E-state index is 5.27. The number of hydrogen-bond acceptors (Lipinski definition) is 2. The first kappa shape index (κ1) is 9.46. The molecule has 2 fully saturated rings. The summed E-state index contributed by atoms with van der Waals surface area (Å²) < 4.78 is 5.27. The highest BCUT2D eigenvalue weighted by atomic mass is 16.3. The van der Waals surface area contributed by atoms with Crippen LogP contribution >= 0.6 is 0 Å². The Bertz CT molecular complexity index is 305. The molecule has 2 heterocycles. The minimum absolute atomic E-state index is 0.253. The third-order valence-electron chi connectivity index (χ3n) is 4.00. The SMILES string of the molecule is c1cc(C2(C3CC3)CCCCCN2)co1. The minimum Gasteiger partial charge on any atom is -0.472 e. The van der Waals surface area contributed by atoms with Crippen molar-refractivity contribution in [1.29, 1.82) is 0 Å². The third kappa shape index (κ3) is 1.61. The molecular formula is C13H19NO. The normalized spacial score (nSPS) is 32.5. The second kappa shape index (κ2) is 3.67. The highest BCUT2D eigenvalue weighted by molar-refractivity contribution is 5.23. The first-order valence-corrected chi connectivity index (χ1v) is 6.19. The molecule has 2 nitrogen and oxygen atoms in total. The van der Waals surface area contributed by atoms with Crippen LogP contribution in [0.4, 0.5) is 0 Å². The van der Waals surface area contributed by atoms with Gasteiger partial charge in [0.25, 0.3) is 0 Å². The summed E-state index contributed by atoms with van der Waals surface area (Å²) in [5, 5.41) is 3.80. The summed E-state index contributed by atoms with van der Waals surface area (Å²) >= 11 is 0. The topological polar surface area (TPSA) is 25.2 Å². The predicted octanol–water partition coefficient (Wildman–Crippen LogP) is 3.05. The summed E-state index contributed by atoms with van der Waals surface area (Å²) in [6.07, 6.45) is 11.9. The Balaban J connectivity index is 1.92. The zero-order valence-corrected chi connectivity index (χ0v) is 9.17. The fourth-order valence-electron chi connectivity index (χ4n) is 3.03. The van der Waals surface area contributed by atoms with E-state index in [4.69, 9.17) is 4.42 Å². The third-order valence-corrected chi connectivity index (χ3v) is 4.00. The molecule has 82 valence electrons. The second-order valence-electron chi connectivity index (χ2n) is 5.00. The van der Waals surface area contributed by atoms with Crippen molar-refractivity contribution in [1.82, 2.24) is 5.32 Å². The van der Waals surface area contributed by atoms with Gasteiger partial charge in [-0.1, -0.05) is 12.8 Å². The molecule has 1 aromatic rings. The van der Waals surface area contributed by atoms with E-state index in [2.05, 4.69) is 11.4 Å². The molecule has 1 aliphatic heterocycles. The number of furan rings is 1. The summed E-state index contributed by atoms with van der Waals surface area (Å²) in [7, 11) is 0. The molecule has 2 heteroatoms. The van der Waals surface area contributed by atoms with Crippen molar-refractivity contribution in [3.05, 3.63) is 24.2 Å². The Morgan fingerprint density at radius 3 is 2.93 bits per heavy atom. The predicted molar refractivity (Wildman–Crippen MR) is 59.6 cm³/mol. The summed E-state index contributed by atoms with van der Waals surface area (Å²) in [5.74, 6) is 0.855. The van der Waals surface area contributed by atoms with E-state index in [9.17, 15) is 0 Å². The molecule has 1 aromatic heterocycles. The number of hydrogen-bond donors (Lipinski definition) is 1. The molecule has 0 radical (unpaired) electrons. The Morgan fingerprint density at radius 1 is 1.27 bits per heavy atom. The van der Waals surface area contributed by atoms with Crippen LogP contribution in [-0.4, -0.2) is 6.54 Å². The van der Waals surface area contributed by atoms with Gasteiger partial charge < -0.3 is 9.73 Å². The van der Waals surface area contributed by atoms with Gasteiger partial charge in [-0.3, -0.25) is 0 Å². The lowest BCUT2D eigenvalue weighted by Gasteiger charge is -2.33. The number of rotatable bonds is 2. The Labute approximate surface area is 91.0 Å². The molecular weight excluding hydrogens is 186 g/mol. The largest absolute Gasteiger partial charge is 0.472 e. The van der Waals surface area contributed by atoms with Crippen LogP contribution in [0.1, 0.15) is 44.1 Å². The molecule has 1 saturated carbocycles. The van der Waals surface area contributed by atoms with E-state index in [0.717, 1.165) is 5.92 Å². The maximum Gasteiger partial charge on any atom is 0.0953 e. The fraction of sp³-hybridized carbons (Fsp3) is 0.692. The first-order chi connectivity index (χ1) is 7.42. The summed E-state index contributed by atoms with van der Waals surface area (Å²) in [6.45, 7) is 1.17. The Morgan fingerprint density at radius 2 is 2.20 bits per heavy atom. The summed E-state index contributed by atoms with van der Waals surface area (Å²) in [6, 6.07) is 2.15. The van der Waals surface area contributed by atoms with Crippen LogP contribution in [0.25, 0.3) is 0 Å². The molecule has 2 aliphatic rings. The van der Waals surface area contributed by atoms with Gasteiger partial charge in [-0.05, 0) is 44.2 Å². The molecule has 1 N–H and O–H groups in total. The average molecular weight is 205 g/mol. The summed E-state index contributed by atoms with van der Waals surface area (Å²) in [5.41, 5.74) is 1.63. The zero-order valence-electron chi connectivity index (χ0n) is 9.17. The van der Waals surface area contributed by atoms with Crippen LogP contribution in [0.15, 0.2) is 23.0 Å². The highest BCUT2D eigenvalue weighted by Gasteiger charge is 2.46. The first-order valence-electron chi connectivity index (χ1n) is 6.19.